The molecule has 0 heterocycles. The smallest absolute Gasteiger partial charge is 0.323 e. The zero-order chi connectivity index (χ0) is 12.2. The van der Waals surface area contributed by atoms with E-state index in [1.807, 2.05) is 25.1 Å². The Morgan fingerprint density at radius 3 is 2.50 bits per heavy atom. The number of hydrogen-bond acceptors (Lipinski definition) is 2. The molecule has 0 spiro atoms. The van der Waals surface area contributed by atoms with Gasteiger partial charge in [-0.15, -0.1) is 0 Å². The van der Waals surface area contributed by atoms with Crippen molar-refractivity contribution in [2.24, 2.45) is 0 Å². The number of hydrogen-bond donors (Lipinski definition) is 1. The monoisotopic (exact) mass is 306 g/mol. The maximum absolute atomic E-state index is 12.0. The van der Waals surface area contributed by atoms with E-state index < -0.39 is 12.2 Å². The van der Waals surface area contributed by atoms with Gasteiger partial charge in [0.15, 0.2) is 0 Å². The zero-order valence-electron chi connectivity index (χ0n) is 9.34. The summed E-state index contributed by atoms with van der Waals surface area (Å²) in [4.78, 5) is 9.82. The molecule has 5 heteroatoms. The summed E-state index contributed by atoms with van der Waals surface area (Å²) in [5.41, 5.74) is 0.747. The fourth-order valence-corrected chi connectivity index (χ4v) is 3.10. The summed E-state index contributed by atoms with van der Waals surface area (Å²) in [6, 6.07) is 9.10. The van der Waals surface area contributed by atoms with Gasteiger partial charge in [-0.05, 0) is 18.9 Å². The van der Waals surface area contributed by atoms with Crippen LogP contribution in [0.25, 0.3) is 0 Å². The van der Waals surface area contributed by atoms with Crippen LogP contribution in [0.4, 0.5) is 0 Å². The molecule has 90 valence electrons. The minimum absolute atomic E-state index is 0.223. The Hall–Kier alpha value is -0.150. The van der Waals surface area contributed by atoms with E-state index in [0.717, 1.165) is 5.56 Å². The van der Waals surface area contributed by atoms with Crippen molar-refractivity contribution in [2.75, 3.05) is 0 Å². The summed E-state index contributed by atoms with van der Waals surface area (Å²) in [6.07, 6.45) is 0.485. The summed E-state index contributed by atoms with van der Waals surface area (Å²) in [6.45, 7) is 3.70. The Labute approximate surface area is 104 Å². The van der Waals surface area contributed by atoms with E-state index in [-0.39, 0.29) is 6.10 Å². The average Bonchev–Trinajstić information content (AvgIpc) is 2.28. The molecule has 0 aliphatic carbocycles. The summed E-state index contributed by atoms with van der Waals surface area (Å²) in [5.74, 6) is 0. The second-order valence-corrected chi connectivity index (χ2v) is 7.11. The molecule has 1 rings (SSSR count). The molecule has 0 radical (unpaired) electrons. The lowest BCUT2D eigenvalue weighted by atomic mass is 10.2. The molecule has 0 aliphatic rings. The van der Waals surface area contributed by atoms with Gasteiger partial charge in [0.05, 0.1) is 6.10 Å². The maximum atomic E-state index is 12.0. The normalized spacial score (nSPS) is 18.8. The fraction of sp³-hybridized carbons (Fsp3) is 0.455. The van der Waals surface area contributed by atoms with Gasteiger partial charge in [0.1, 0.15) is 4.57 Å². The lowest BCUT2D eigenvalue weighted by Gasteiger charge is -2.21. The van der Waals surface area contributed by atoms with Crippen LogP contribution in [0, 0.1) is 0 Å². The number of alkyl halides is 1. The highest BCUT2D eigenvalue weighted by atomic mass is 79.9. The number of halogens is 1. The highest BCUT2D eigenvalue weighted by molar-refractivity contribution is 9.10. The topological polar surface area (TPSA) is 46.5 Å². The first-order valence-corrected chi connectivity index (χ1v) is 7.73. The van der Waals surface area contributed by atoms with Gasteiger partial charge in [-0.2, -0.15) is 0 Å². The van der Waals surface area contributed by atoms with Gasteiger partial charge in [-0.1, -0.05) is 53.2 Å². The molecule has 1 aromatic carbocycles. The van der Waals surface area contributed by atoms with Crippen LogP contribution in [0.3, 0.4) is 0 Å². The molecule has 0 saturated heterocycles. The van der Waals surface area contributed by atoms with Gasteiger partial charge >= 0.3 is 7.60 Å². The second-order valence-electron chi connectivity index (χ2n) is 3.63. The molecule has 1 N–H and O–H groups in total. The van der Waals surface area contributed by atoms with Crippen LogP contribution in [0.2, 0.25) is 0 Å². The van der Waals surface area contributed by atoms with Gasteiger partial charge in [0.2, 0.25) is 0 Å². The minimum Gasteiger partial charge on any atom is -0.323 e. The van der Waals surface area contributed by atoms with Gasteiger partial charge < -0.3 is 9.42 Å². The first kappa shape index (κ1) is 13.9. The highest BCUT2D eigenvalue weighted by Gasteiger charge is 2.32. The molecule has 3 nitrogen and oxygen atoms in total. The molecule has 0 fully saturated rings. The highest BCUT2D eigenvalue weighted by Crippen LogP contribution is 2.60. The van der Waals surface area contributed by atoms with Gasteiger partial charge in [-0.25, -0.2) is 0 Å². The fourth-order valence-electron chi connectivity index (χ4n) is 1.19. The van der Waals surface area contributed by atoms with E-state index in [1.54, 1.807) is 19.1 Å². The molecule has 3 atom stereocenters. The van der Waals surface area contributed by atoms with Gasteiger partial charge in [0, 0.05) is 0 Å². The first-order chi connectivity index (χ1) is 7.47. The maximum Gasteiger partial charge on any atom is 0.346 e. The molecule has 16 heavy (non-hydrogen) atoms. The minimum atomic E-state index is -3.66. The van der Waals surface area contributed by atoms with E-state index in [2.05, 4.69) is 15.9 Å². The van der Waals surface area contributed by atoms with E-state index in [4.69, 9.17) is 4.52 Å². The predicted molar refractivity (Wildman–Crippen MR) is 68.8 cm³/mol. The Bertz CT molecular complexity index is 369. The SMILES string of the molecule is CCC(C)OP(=O)(O)C(Br)c1ccccc1. The summed E-state index contributed by atoms with van der Waals surface area (Å²) in [7, 11) is -3.66. The molecule has 0 saturated carbocycles. The Morgan fingerprint density at radius 2 is 2.00 bits per heavy atom. The number of benzene rings is 1. The van der Waals surface area contributed by atoms with E-state index >= 15 is 0 Å². The van der Waals surface area contributed by atoms with Crippen LogP contribution in [0.1, 0.15) is 30.4 Å². The van der Waals surface area contributed by atoms with Crippen LogP contribution in [-0.2, 0) is 9.09 Å². The first-order valence-electron chi connectivity index (χ1n) is 5.17. The van der Waals surface area contributed by atoms with E-state index in [9.17, 15) is 9.46 Å². The Kier molecular flexibility index (Phi) is 5.19. The molecular formula is C11H16BrO3P. The quantitative estimate of drug-likeness (QED) is 0.658. The van der Waals surface area contributed by atoms with Crippen LogP contribution < -0.4 is 0 Å². The lowest BCUT2D eigenvalue weighted by Crippen LogP contribution is -2.06. The molecule has 0 aromatic heterocycles. The lowest BCUT2D eigenvalue weighted by molar-refractivity contribution is 0.184. The van der Waals surface area contributed by atoms with Crippen LogP contribution >= 0.6 is 23.5 Å². The van der Waals surface area contributed by atoms with Crippen LogP contribution in [0.5, 0.6) is 0 Å². The molecule has 1 aromatic rings. The molecular weight excluding hydrogens is 291 g/mol. The summed E-state index contributed by atoms with van der Waals surface area (Å²) in [5, 5.41) is 0. The molecule has 0 bridgehead atoms. The Balaban J connectivity index is 2.80. The third kappa shape index (κ3) is 3.70. The standard InChI is InChI=1S/C11H16BrO3P/c1-3-9(2)15-16(13,14)11(12)10-7-5-4-6-8-10/h4-9,11H,3H2,1-2H3,(H,13,14). The van der Waals surface area contributed by atoms with Crippen molar-refractivity contribution in [1.82, 2.24) is 0 Å². The second kappa shape index (κ2) is 5.97. The number of rotatable bonds is 5. The molecule has 3 unspecified atom stereocenters. The van der Waals surface area contributed by atoms with Crippen molar-refractivity contribution in [3.8, 4) is 0 Å². The van der Waals surface area contributed by atoms with Crippen molar-refractivity contribution in [3.63, 3.8) is 0 Å². The van der Waals surface area contributed by atoms with Crippen molar-refractivity contribution in [3.05, 3.63) is 35.9 Å². The summed E-state index contributed by atoms with van der Waals surface area (Å²) < 4.78 is 16.5. The predicted octanol–water partition coefficient (Wildman–Crippen LogP) is 4.08. The van der Waals surface area contributed by atoms with Gasteiger partial charge in [0.25, 0.3) is 0 Å². The zero-order valence-corrected chi connectivity index (χ0v) is 11.8. The molecule has 0 amide bonds. The molecule has 0 aliphatic heterocycles. The van der Waals surface area contributed by atoms with Gasteiger partial charge in [-0.3, -0.25) is 4.57 Å². The summed E-state index contributed by atoms with van der Waals surface area (Å²) >= 11 is 3.23. The van der Waals surface area contributed by atoms with E-state index in [0.29, 0.717) is 6.42 Å². The third-order valence-electron chi connectivity index (χ3n) is 2.27. The van der Waals surface area contributed by atoms with Crippen molar-refractivity contribution >= 4 is 23.5 Å². The van der Waals surface area contributed by atoms with Crippen LogP contribution in [0.15, 0.2) is 30.3 Å². The van der Waals surface area contributed by atoms with E-state index in [1.165, 1.54) is 0 Å². The van der Waals surface area contributed by atoms with Crippen molar-refractivity contribution in [2.45, 2.75) is 30.9 Å². The Morgan fingerprint density at radius 1 is 1.44 bits per heavy atom. The van der Waals surface area contributed by atoms with Crippen molar-refractivity contribution in [1.29, 1.82) is 0 Å². The largest absolute Gasteiger partial charge is 0.346 e. The van der Waals surface area contributed by atoms with Crippen LogP contribution in [-0.4, -0.2) is 11.0 Å². The third-order valence-corrected chi connectivity index (χ3v) is 5.88. The van der Waals surface area contributed by atoms with Crippen molar-refractivity contribution < 1.29 is 14.0 Å². The average molecular weight is 307 g/mol.